The van der Waals surface area contributed by atoms with Crippen LogP contribution in [0.25, 0.3) is 0 Å². The van der Waals surface area contributed by atoms with Gasteiger partial charge in [-0.2, -0.15) is 0 Å². The van der Waals surface area contributed by atoms with Gasteiger partial charge >= 0.3 is 0 Å². The molecule has 3 aromatic carbocycles. The molecule has 4 rings (SSSR count). The first-order valence-corrected chi connectivity index (χ1v) is 9.61. The number of hydrogen-bond donors (Lipinski definition) is 1. The second-order valence-electron chi connectivity index (χ2n) is 6.33. The Morgan fingerprint density at radius 1 is 0.815 bits per heavy atom. The summed E-state index contributed by atoms with van der Waals surface area (Å²) in [6.07, 6.45) is 0. The fraction of sp³-hybridized carbons (Fsp3) is 0.182. The average molecular weight is 426 g/mol. The van der Waals surface area contributed by atoms with Crippen LogP contribution in [-0.2, 0) is 19.7 Å². The van der Waals surface area contributed by atoms with Gasteiger partial charge in [-0.05, 0) is 56.9 Å². The van der Waals surface area contributed by atoms with E-state index in [1.54, 1.807) is 0 Å². The molecule has 0 amide bonds. The van der Waals surface area contributed by atoms with Crippen LogP contribution in [0.5, 0.6) is 17.2 Å². The quantitative estimate of drug-likeness (QED) is 0.574. The Hall–Kier alpha value is -2.50. The Bertz CT molecular complexity index is 915. The molecule has 0 radical (unpaired) electrons. The van der Waals surface area contributed by atoms with Crippen molar-refractivity contribution in [3.8, 4) is 17.2 Å². The van der Waals surface area contributed by atoms with Gasteiger partial charge in [0.25, 0.3) is 0 Å². The van der Waals surface area contributed by atoms with E-state index in [1.807, 2.05) is 36.4 Å². The highest BCUT2D eigenvalue weighted by Crippen LogP contribution is 2.32. The highest BCUT2D eigenvalue weighted by molar-refractivity contribution is 9.10. The van der Waals surface area contributed by atoms with E-state index >= 15 is 0 Å². The lowest BCUT2D eigenvalue weighted by Crippen LogP contribution is -2.12. The van der Waals surface area contributed by atoms with Crippen molar-refractivity contribution in [1.82, 2.24) is 5.32 Å². The molecule has 0 saturated heterocycles. The van der Waals surface area contributed by atoms with Crippen molar-refractivity contribution in [2.45, 2.75) is 19.7 Å². The fourth-order valence-electron chi connectivity index (χ4n) is 2.91. The zero-order valence-electron chi connectivity index (χ0n) is 14.8. The van der Waals surface area contributed by atoms with E-state index in [0.717, 1.165) is 40.4 Å². The van der Waals surface area contributed by atoms with E-state index < -0.39 is 0 Å². The topological polar surface area (TPSA) is 39.7 Å². The van der Waals surface area contributed by atoms with Crippen molar-refractivity contribution in [3.05, 3.63) is 87.9 Å². The SMILES string of the molecule is Brc1cc(CNCc2ccc3c(c2)OCO3)ccc1OCc1ccccc1. The lowest BCUT2D eigenvalue weighted by Gasteiger charge is -2.11. The predicted molar refractivity (Wildman–Crippen MR) is 108 cm³/mol. The highest BCUT2D eigenvalue weighted by atomic mass is 79.9. The van der Waals surface area contributed by atoms with Gasteiger partial charge in [-0.1, -0.05) is 42.5 Å². The third-order valence-corrected chi connectivity index (χ3v) is 4.95. The Kier molecular flexibility index (Phi) is 5.61. The number of halogens is 1. The Morgan fingerprint density at radius 2 is 1.56 bits per heavy atom. The molecule has 0 unspecified atom stereocenters. The molecule has 4 nitrogen and oxygen atoms in total. The summed E-state index contributed by atoms with van der Waals surface area (Å²) < 4.78 is 17.6. The van der Waals surface area contributed by atoms with Crippen molar-refractivity contribution in [3.63, 3.8) is 0 Å². The van der Waals surface area contributed by atoms with Gasteiger partial charge in [-0.3, -0.25) is 0 Å². The van der Waals surface area contributed by atoms with Crippen LogP contribution in [0.4, 0.5) is 0 Å². The minimum atomic E-state index is 0.304. The maximum absolute atomic E-state index is 5.90. The molecule has 0 aromatic heterocycles. The van der Waals surface area contributed by atoms with Crippen LogP contribution in [0, 0.1) is 0 Å². The van der Waals surface area contributed by atoms with Crippen molar-refractivity contribution in [2.24, 2.45) is 0 Å². The number of ether oxygens (including phenoxy) is 3. The average Bonchev–Trinajstić information content (AvgIpc) is 3.16. The van der Waals surface area contributed by atoms with Crippen molar-refractivity contribution >= 4 is 15.9 Å². The lowest BCUT2D eigenvalue weighted by atomic mass is 10.2. The van der Waals surface area contributed by atoms with Crippen molar-refractivity contribution in [2.75, 3.05) is 6.79 Å². The molecule has 5 heteroatoms. The van der Waals surface area contributed by atoms with Crippen molar-refractivity contribution < 1.29 is 14.2 Å². The van der Waals surface area contributed by atoms with Crippen LogP contribution < -0.4 is 19.5 Å². The van der Waals surface area contributed by atoms with Crippen molar-refractivity contribution in [1.29, 1.82) is 0 Å². The largest absolute Gasteiger partial charge is 0.488 e. The molecular formula is C22H20BrNO3. The first kappa shape index (κ1) is 17.9. The number of rotatable bonds is 7. The minimum Gasteiger partial charge on any atom is -0.488 e. The van der Waals surface area contributed by atoms with Crippen LogP contribution in [-0.4, -0.2) is 6.79 Å². The molecule has 27 heavy (non-hydrogen) atoms. The highest BCUT2D eigenvalue weighted by Gasteiger charge is 2.12. The summed E-state index contributed by atoms with van der Waals surface area (Å²) in [6.45, 7) is 2.40. The zero-order chi connectivity index (χ0) is 18.5. The van der Waals surface area contributed by atoms with E-state index in [0.29, 0.717) is 13.4 Å². The van der Waals surface area contributed by atoms with Crippen LogP contribution in [0.15, 0.2) is 71.2 Å². The van der Waals surface area contributed by atoms with Gasteiger partial charge in [0.1, 0.15) is 12.4 Å². The van der Waals surface area contributed by atoms with Gasteiger partial charge in [-0.15, -0.1) is 0 Å². The third kappa shape index (κ3) is 4.62. The normalized spacial score (nSPS) is 12.2. The van der Waals surface area contributed by atoms with Gasteiger partial charge in [0, 0.05) is 13.1 Å². The van der Waals surface area contributed by atoms with Gasteiger partial charge in [-0.25, -0.2) is 0 Å². The summed E-state index contributed by atoms with van der Waals surface area (Å²) in [4.78, 5) is 0. The number of fused-ring (bicyclic) bond motifs is 1. The molecular weight excluding hydrogens is 406 g/mol. The molecule has 1 heterocycles. The molecule has 0 fully saturated rings. The van der Waals surface area contributed by atoms with Gasteiger partial charge in [0.2, 0.25) is 6.79 Å². The number of hydrogen-bond acceptors (Lipinski definition) is 4. The minimum absolute atomic E-state index is 0.304. The molecule has 1 N–H and O–H groups in total. The van der Waals surface area contributed by atoms with E-state index in [-0.39, 0.29) is 0 Å². The molecule has 3 aromatic rings. The number of benzene rings is 3. The molecule has 0 bridgehead atoms. The summed E-state index contributed by atoms with van der Waals surface area (Å²) in [5.74, 6) is 2.48. The summed E-state index contributed by atoms with van der Waals surface area (Å²) >= 11 is 3.61. The summed E-state index contributed by atoms with van der Waals surface area (Å²) in [5.41, 5.74) is 3.51. The molecule has 0 atom stereocenters. The molecule has 1 aliphatic heterocycles. The Labute approximate surface area is 167 Å². The van der Waals surface area contributed by atoms with Crippen LogP contribution in [0.2, 0.25) is 0 Å². The van der Waals surface area contributed by atoms with Gasteiger partial charge < -0.3 is 19.5 Å². The van der Waals surface area contributed by atoms with Crippen LogP contribution >= 0.6 is 15.9 Å². The van der Waals surface area contributed by atoms with E-state index in [9.17, 15) is 0 Å². The number of nitrogens with one attached hydrogen (secondary N) is 1. The fourth-order valence-corrected chi connectivity index (χ4v) is 3.45. The predicted octanol–water partition coefficient (Wildman–Crippen LogP) is 5.05. The second-order valence-corrected chi connectivity index (χ2v) is 7.18. The Balaban J connectivity index is 1.30. The van der Waals surface area contributed by atoms with Crippen LogP contribution in [0.1, 0.15) is 16.7 Å². The van der Waals surface area contributed by atoms with Crippen LogP contribution in [0.3, 0.4) is 0 Å². The van der Waals surface area contributed by atoms with E-state index in [2.05, 4.69) is 51.6 Å². The molecule has 1 aliphatic rings. The summed E-state index contributed by atoms with van der Waals surface area (Å²) in [7, 11) is 0. The molecule has 0 saturated carbocycles. The zero-order valence-corrected chi connectivity index (χ0v) is 16.4. The van der Waals surface area contributed by atoms with E-state index in [4.69, 9.17) is 14.2 Å². The van der Waals surface area contributed by atoms with E-state index in [1.165, 1.54) is 11.1 Å². The van der Waals surface area contributed by atoms with Gasteiger partial charge in [0.05, 0.1) is 4.47 Å². The standard InChI is InChI=1S/C22H20BrNO3/c23-19-10-17(6-8-20(19)25-14-16-4-2-1-3-5-16)12-24-13-18-7-9-21-22(11-18)27-15-26-21/h1-11,24H,12-15H2. The first-order chi connectivity index (χ1) is 13.3. The summed E-state index contributed by atoms with van der Waals surface area (Å²) in [5, 5.41) is 3.46. The smallest absolute Gasteiger partial charge is 0.231 e. The molecule has 0 aliphatic carbocycles. The molecule has 138 valence electrons. The summed E-state index contributed by atoms with van der Waals surface area (Å²) in [6, 6.07) is 22.4. The maximum atomic E-state index is 5.90. The lowest BCUT2D eigenvalue weighted by molar-refractivity contribution is 0.174. The third-order valence-electron chi connectivity index (χ3n) is 4.33. The molecule has 0 spiro atoms. The second kappa shape index (κ2) is 8.46. The maximum Gasteiger partial charge on any atom is 0.231 e. The van der Waals surface area contributed by atoms with Gasteiger partial charge in [0.15, 0.2) is 11.5 Å². The first-order valence-electron chi connectivity index (χ1n) is 8.82. The Morgan fingerprint density at radius 3 is 2.37 bits per heavy atom. The monoisotopic (exact) mass is 425 g/mol.